The Hall–Kier alpha value is -1.98. The molecule has 0 bridgehead atoms. The monoisotopic (exact) mass is 260 g/mol. The van der Waals surface area contributed by atoms with Crippen LogP contribution >= 0.6 is 0 Å². The summed E-state index contributed by atoms with van der Waals surface area (Å²) in [7, 11) is 0. The van der Waals surface area contributed by atoms with Crippen molar-refractivity contribution < 1.29 is 9.53 Å². The maximum atomic E-state index is 12.4. The van der Waals surface area contributed by atoms with Crippen molar-refractivity contribution in [3.63, 3.8) is 0 Å². The summed E-state index contributed by atoms with van der Waals surface area (Å²) in [6, 6.07) is 0. The fraction of sp³-hybridized carbons (Fsp3) is 0.538. The predicted molar refractivity (Wildman–Crippen MR) is 67.6 cm³/mol. The van der Waals surface area contributed by atoms with Crippen LogP contribution in [-0.4, -0.2) is 32.2 Å². The first-order chi connectivity index (χ1) is 9.28. The van der Waals surface area contributed by atoms with Crippen LogP contribution in [-0.2, 0) is 14.9 Å². The molecule has 0 radical (unpaired) electrons. The van der Waals surface area contributed by atoms with Crippen LogP contribution in [0.2, 0.25) is 0 Å². The van der Waals surface area contributed by atoms with E-state index in [0.29, 0.717) is 18.1 Å². The first kappa shape index (κ1) is 12.1. The average Bonchev–Trinajstić information content (AvgIpc) is 3.06. The molecule has 0 unspecified atom stereocenters. The molecule has 19 heavy (non-hydrogen) atoms. The summed E-state index contributed by atoms with van der Waals surface area (Å²) >= 11 is 0. The third-order valence-electron chi connectivity index (χ3n) is 3.77. The normalized spacial score (nSPS) is 17.7. The molecule has 0 N–H and O–H groups in total. The number of aromatic nitrogens is 4. The van der Waals surface area contributed by atoms with Gasteiger partial charge in [0.2, 0.25) is 0 Å². The van der Waals surface area contributed by atoms with Crippen LogP contribution in [0.4, 0.5) is 0 Å². The molecule has 0 saturated heterocycles. The van der Waals surface area contributed by atoms with Gasteiger partial charge in [-0.05, 0) is 19.8 Å². The summed E-state index contributed by atoms with van der Waals surface area (Å²) in [5.74, 6) is 0.500. The molecule has 0 atom stereocenters. The van der Waals surface area contributed by atoms with Crippen molar-refractivity contribution in [2.45, 2.75) is 38.0 Å². The highest BCUT2D eigenvalue weighted by Gasteiger charge is 2.47. The second kappa shape index (κ2) is 4.60. The van der Waals surface area contributed by atoms with Crippen molar-refractivity contribution in [3.05, 3.63) is 24.4 Å². The van der Waals surface area contributed by atoms with Gasteiger partial charge in [0.15, 0.2) is 11.5 Å². The molecule has 0 aromatic carbocycles. The van der Waals surface area contributed by atoms with Crippen molar-refractivity contribution in [2.75, 3.05) is 6.61 Å². The fourth-order valence-corrected chi connectivity index (χ4v) is 2.85. The van der Waals surface area contributed by atoms with Crippen molar-refractivity contribution in [3.8, 4) is 0 Å². The van der Waals surface area contributed by atoms with E-state index < -0.39 is 5.41 Å². The van der Waals surface area contributed by atoms with Gasteiger partial charge in [-0.25, -0.2) is 0 Å². The third-order valence-corrected chi connectivity index (χ3v) is 3.77. The number of carbonyl (C=O) groups is 1. The largest absolute Gasteiger partial charge is 0.465 e. The zero-order valence-electron chi connectivity index (χ0n) is 10.9. The SMILES string of the molecule is CCOC(=O)C1(c2nnc3cnccn23)CCCC1. The Bertz CT molecular complexity index is 601. The Morgan fingerprint density at radius 2 is 2.21 bits per heavy atom. The Kier molecular flexibility index (Phi) is 2.93. The quantitative estimate of drug-likeness (QED) is 0.782. The van der Waals surface area contributed by atoms with Gasteiger partial charge >= 0.3 is 5.97 Å². The number of fused-ring (bicyclic) bond motifs is 1. The van der Waals surface area contributed by atoms with Gasteiger partial charge in [-0.2, -0.15) is 0 Å². The van der Waals surface area contributed by atoms with Crippen LogP contribution < -0.4 is 0 Å². The molecule has 0 amide bonds. The lowest BCUT2D eigenvalue weighted by Crippen LogP contribution is -2.36. The number of hydrogen-bond acceptors (Lipinski definition) is 5. The number of hydrogen-bond donors (Lipinski definition) is 0. The van der Waals surface area contributed by atoms with Gasteiger partial charge < -0.3 is 4.74 Å². The van der Waals surface area contributed by atoms with Crippen molar-refractivity contribution >= 4 is 11.6 Å². The van der Waals surface area contributed by atoms with Crippen LogP contribution in [0.25, 0.3) is 5.65 Å². The van der Waals surface area contributed by atoms with Crippen LogP contribution in [0, 0.1) is 0 Å². The van der Waals surface area contributed by atoms with Gasteiger partial charge in [-0.1, -0.05) is 12.8 Å². The number of nitrogens with zero attached hydrogens (tertiary/aromatic N) is 4. The molecule has 1 aliphatic carbocycles. The molecule has 1 saturated carbocycles. The maximum absolute atomic E-state index is 12.4. The highest BCUT2D eigenvalue weighted by Crippen LogP contribution is 2.41. The lowest BCUT2D eigenvalue weighted by Gasteiger charge is -2.24. The summed E-state index contributed by atoms with van der Waals surface area (Å²) in [5, 5.41) is 8.32. The highest BCUT2D eigenvalue weighted by atomic mass is 16.5. The molecule has 3 rings (SSSR count). The topological polar surface area (TPSA) is 69.4 Å². The van der Waals surface area contributed by atoms with E-state index in [4.69, 9.17) is 4.74 Å². The summed E-state index contributed by atoms with van der Waals surface area (Å²) in [4.78, 5) is 16.4. The molecule has 6 nitrogen and oxygen atoms in total. The van der Waals surface area contributed by atoms with E-state index in [1.54, 1.807) is 18.6 Å². The van der Waals surface area contributed by atoms with Gasteiger partial charge in [0.25, 0.3) is 0 Å². The molecule has 2 aromatic rings. The molecule has 1 aliphatic rings. The lowest BCUT2D eigenvalue weighted by molar-refractivity contribution is -0.150. The molecule has 0 spiro atoms. The van der Waals surface area contributed by atoms with Crippen LogP contribution in [0.5, 0.6) is 0 Å². The number of rotatable bonds is 3. The van der Waals surface area contributed by atoms with Gasteiger partial charge in [0.05, 0.1) is 12.8 Å². The minimum Gasteiger partial charge on any atom is -0.465 e. The van der Waals surface area contributed by atoms with Gasteiger partial charge in [-0.15, -0.1) is 10.2 Å². The summed E-state index contributed by atoms with van der Waals surface area (Å²) in [5.41, 5.74) is 0.0182. The zero-order chi connectivity index (χ0) is 13.3. The van der Waals surface area contributed by atoms with Gasteiger partial charge in [-0.3, -0.25) is 14.2 Å². The molecular formula is C13H16N4O2. The standard InChI is InChI=1S/C13H16N4O2/c1-2-19-12(18)13(5-3-4-6-13)11-16-15-10-9-14-7-8-17(10)11/h7-9H,2-6H2,1H3. The Morgan fingerprint density at radius 3 is 2.95 bits per heavy atom. The Morgan fingerprint density at radius 1 is 1.42 bits per heavy atom. The summed E-state index contributed by atoms with van der Waals surface area (Å²) in [6.45, 7) is 2.21. The number of carbonyl (C=O) groups excluding carboxylic acids is 1. The van der Waals surface area contributed by atoms with E-state index in [-0.39, 0.29) is 5.97 Å². The number of ether oxygens (including phenoxy) is 1. The molecular weight excluding hydrogens is 244 g/mol. The summed E-state index contributed by atoms with van der Waals surface area (Å²) in [6.07, 6.45) is 8.68. The molecule has 0 aliphatic heterocycles. The van der Waals surface area contributed by atoms with Crippen molar-refractivity contribution in [1.29, 1.82) is 0 Å². The molecule has 6 heteroatoms. The van der Waals surface area contributed by atoms with E-state index in [2.05, 4.69) is 15.2 Å². The Labute approximate surface area is 110 Å². The van der Waals surface area contributed by atoms with Crippen LogP contribution in [0.1, 0.15) is 38.4 Å². The second-order valence-corrected chi connectivity index (χ2v) is 4.84. The molecule has 1 fully saturated rings. The first-order valence-corrected chi connectivity index (χ1v) is 6.60. The van der Waals surface area contributed by atoms with E-state index >= 15 is 0 Å². The third kappa shape index (κ3) is 1.78. The van der Waals surface area contributed by atoms with Crippen molar-refractivity contribution in [2.24, 2.45) is 0 Å². The minimum atomic E-state index is -0.642. The minimum absolute atomic E-state index is 0.182. The zero-order valence-corrected chi connectivity index (χ0v) is 10.9. The highest BCUT2D eigenvalue weighted by molar-refractivity contribution is 5.82. The number of esters is 1. The predicted octanol–water partition coefficient (Wildman–Crippen LogP) is 1.50. The van der Waals surface area contributed by atoms with E-state index in [1.807, 2.05) is 11.3 Å². The molecule has 100 valence electrons. The van der Waals surface area contributed by atoms with E-state index in [0.717, 1.165) is 25.7 Å². The first-order valence-electron chi connectivity index (χ1n) is 6.60. The lowest BCUT2D eigenvalue weighted by atomic mass is 9.85. The average molecular weight is 260 g/mol. The Balaban J connectivity index is 2.12. The maximum Gasteiger partial charge on any atom is 0.319 e. The van der Waals surface area contributed by atoms with Gasteiger partial charge in [0, 0.05) is 12.4 Å². The van der Waals surface area contributed by atoms with Crippen molar-refractivity contribution in [1.82, 2.24) is 19.6 Å². The molecule has 2 heterocycles. The molecule has 2 aromatic heterocycles. The summed E-state index contributed by atoms with van der Waals surface area (Å²) < 4.78 is 7.11. The van der Waals surface area contributed by atoms with E-state index in [1.165, 1.54) is 0 Å². The smallest absolute Gasteiger partial charge is 0.319 e. The van der Waals surface area contributed by atoms with E-state index in [9.17, 15) is 4.79 Å². The van der Waals surface area contributed by atoms with Crippen LogP contribution in [0.3, 0.4) is 0 Å². The van der Waals surface area contributed by atoms with Gasteiger partial charge in [0.1, 0.15) is 5.41 Å². The second-order valence-electron chi connectivity index (χ2n) is 4.84. The van der Waals surface area contributed by atoms with Crippen LogP contribution in [0.15, 0.2) is 18.6 Å². The fourth-order valence-electron chi connectivity index (χ4n) is 2.85.